The molecule has 0 aliphatic carbocycles. The molecule has 0 aliphatic rings. The minimum atomic E-state index is -4.39. The molecule has 0 saturated heterocycles. The predicted molar refractivity (Wildman–Crippen MR) is 98.2 cm³/mol. The molecule has 2 aromatic heterocycles. The van der Waals surface area contributed by atoms with Crippen molar-refractivity contribution in [3.05, 3.63) is 53.3 Å². The molecule has 0 unspecified atom stereocenters. The molecule has 146 valence electrons. The topological polar surface area (TPSA) is 52.8 Å². The van der Waals surface area contributed by atoms with Crippen LogP contribution in [0.1, 0.15) is 16.8 Å². The molecule has 10 heteroatoms. The second kappa shape index (κ2) is 9.18. The van der Waals surface area contributed by atoms with Crippen LogP contribution in [0.3, 0.4) is 0 Å². The molecular weight excluding hydrogens is 419 g/mol. The number of nitrogens with one attached hydrogen (secondary N) is 1. The Morgan fingerprint density at radius 3 is 2.70 bits per heavy atom. The highest BCUT2D eigenvalue weighted by atomic mass is 35.5. The molecule has 27 heavy (non-hydrogen) atoms. The Balaban J connectivity index is 0.00000261. The number of aliphatic hydroxyl groups is 1. The predicted octanol–water partition coefficient (Wildman–Crippen LogP) is 1.04. The Morgan fingerprint density at radius 2 is 2.00 bits per heavy atom. The van der Waals surface area contributed by atoms with Crippen LogP contribution in [-0.4, -0.2) is 27.4 Å². The molecule has 2 N–H and O–H groups in total. The highest BCUT2D eigenvalue weighted by Crippen LogP contribution is 2.31. The summed E-state index contributed by atoms with van der Waals surface area (Å²) in [7, 11) is 3.18. The molecule has 0 radical (unpaired) electrons. The number of nitrogens with zero attached hydrogens (tertiary/aromatic N) is 2. The smallest absolute Gasteiger partial charge is 0.416 e. The van der Waals surface area contributed by atoms with Gasteiger partial charge in [-0.1, -0.05) is 32.6 Å². The van der Waals surface area contributed by atoms with Gasteiger partial charge in [0.25, 0.3) is 0 Å². The Bertz CT molecular complexity index is 918. The normalized spacial score (nSPS) is 11.6. The van der Waals surface area contributed by atoms with E-state index in [9.17, 15) is 13.2 Å². The van der Waals surface area contributed by atoms with Crippen molar-refractivity contribution in [2.24, 2.45) is 0 Å². The summed E-state index contributed by atoms with van der Waals surface area (Å²) >= 11 is 0. The van der Waals surface area contributed by atoms with Gasteiger partial charge in [0.2, 0.25) is 0 Å². The minimum absolute atomic E-state index is 0. The molecular formula is C17H17ClF3N3OS2. The van der Waals surface area contributed by atoms with Gasteiger partial charge in [-0.2, -0.15) is 13.2 Å². The maximum atomic E-state index is 12.9. The Kier molecular flexibility index (Phi) is 7.44. The maximum Gasteiger partial charge on any atom is 0.416 e. The van der Waals surface area contributed by atoms with E-state index < -0.39 is 11.7 Å². The number of fused-ring (bicyclic) bond motifs is 1. The number of alkyl halides is 3. The first kappa shape index (κ1) is 21.9. The highest BCUT2D eigenvalue weighted by molar-refractivity contribution is 8.76. The van der Waals surface area contributed by atoms with Crippen molar-refractivity contribution in [2.75, 3.05) is 12.4 Å². The number of aromatic nitrogens is 3. The molecule has 1 aromatic carbocycles. The van der Waals surface area contributed by atoms with Gasteiger partial charge >= 0.3 is 12.1 Å². The average Bonchev–Trinajstić information content (AvgIpc) is 3.02. The summed E-state index contributed by atoms with van der Waals surface area (Å²) in [6.45, 7) is 2.10. The van der Waals surface area contributed by atoms with Gasteiger partial charge in [-0.15, -0.1) is 0 Å². The first-order valence-corrected chi connectivity index (χ1v) is 10.3. The number of aromatic amines is 1. The van der Waals surface area contributed by atoms with Crippen LogP contribution in [-0.2, 0) is 11.9 Å². The summed E-state index contributed by atoms with van der Waals surface area (Å²) < 4.78 is 40.6. The molecule has 0 aliphatic heterocycles. The number of rotatable bonds is 6. The average molecular weight is 436 g/mol. The quantitative estimate of drug-likeness (QED) is 0.345. The summed E-state index contributed by atoms with van der Waals surface area (Å²) in [5.41, 5.74) is 2.17. The number of halogens is 4. The van der Waals surface area contributed by atoms with Crippen LogP contribution < -0.4 is 17.0 Å². The van der Waals surface area contributed by atoms with Crippen molar-refractivity contribution >= 4 is 32.6 Å². The molecule has 4 nitrogen and oxygen atoms in total. The fraction of sp³-hybridized carbons (Fsp3) is 0.294. The van der Waals surface area contributed by atoms with E-state index in [0.29, 0.717) is 23.0 Å². The monoisotopic (exact) mass is 435 g/mol. The zero-order valence-corrected chi connectivity index (χ0v) is 16.6. The van der Waals surface area contributed by atoms with Gasteiger partial charge in [-0.3, -0.25) is 0 Å². The van der Waals surface area contributed by atoms with Gasteiger partial charge in [-0.05, 0) is 36.8 Å². The van der Waals surface area contributed by atoms with Gasteiger partial charge in [0.05, 0.1) is 29.8 Å². The number of benzene rings is 1. The molecule has 3 aromatic rings. The van der Waals surface area contributed by atoms with Crippen LogP contribution in [0.2, 0.25) is 0 Å². The highest BCUT2D eigenvalue weighted by Gasteiger charge is 2.31. The zero-order valence-electron chi connectivity index (χ0n) is 14.3. The van der Waals surface area contributed by atoms with E-state index in [1.807, 2.05) is 29.8 Å². The number of hydrogen-bond acceptors (Lipinski definition) is 4. The number of H-pyrrole nitrogens is 1. The van der Waals surface area contributed by atoms with Crippen LogP contribution >= 0.6 is 21.6 Å². The third-order valence-electron chi connectivity index (χ3n) is 3.81. The lowest BCUT2D eigenvalue weighted by Crippen LogP contribution is -3.00. The van der Waals surface area contributed by atoms with E-state index in [2.05, 4.69) is 9.97 Å². The SMILES string of the molecule is Cc1ccc[n+](-c2nc3cc(C(F)(F)F)ccc3[nH]2)c1CSSCCO.[Cl-]. The second-order valence-corrected chi connectivity index (χ2v) is 8.19. The molecule has 0 spiro atoms. The van der Waals surface area contributed by atoms with Crippen molar-refractivity contribution in [1.82, 2.24) is 9.97 Å². The van der Waals surface area contributed by atoms with Crippen molar-refractivity contribution in [2.45, 2.75) is 18.9 Å². The molecule has 0 atom stereocenters. The van der Waals surface area contributed by atoms with Gasteiger partial charge in [0.1, 0.15) is 5.52 Å². The van der Waals surface area contributed by atoms with Crippen molar-refractivity contribution in [1.29, 1.82) is 0 Å². The number of hydrogen-bond donors (Lipinski definition) is 2. The summed E-state index contributed by atoms with van der Waals surface area (Å²) in [4.78, 5) is 7.44. The fourth-order valence-electron chi connectivity index (χ4n) is 2.51. The van der Waals surface area contributed by atoms with Crippen molar-refractivity contribution < 1.29 is 35.3 Å². The van der Waals surface area contributed by atoms with E-state index in [4.69, 9.17) is 5.11 Å². The lowest BCUT2D eigenvalue weighted by Gasteiger charge is -2.08. The number of imidazole rings is 1. The molecule has 0 saturated carbocycles. The third-order valence-corrected chi connectivity index (χ3v) is 6.07. The third kappa shape index (κ3) is 5.10. The van der Waals surface area contributed by atoms with Gasteiger partial charge in [0.15, 0.2) is 5.52 Å². The van der Waals surface area contributed by atoms with Gasteiger partial charge in [0, 0.05) is 5.75 Å². The Morgan fingerprint density at radius 1 is 1.22 bits per heavy atom. The van der Waals surface area contributed by atoms with Crippen molar-refractivity contribution in [3.8, 4) is 5.95 Å². The second-order valence-electron chi connectivity index (χ2n) is 5.61. The minimum Gasteiger partial charge on any atom is -1.00 e. The lowest BCUT2D eigenvalue weighted by atomic mass is 10.2. The first-order valence-electron chi connectivity index (χ1n) is 7.83. The maximum absolute atomic E-state index is 12.9. The summed E-state index contributed by atoms with van der Waals surface area (Å²) in [5, 5.41) is 8.88. The van der Waals surface area contributed by atoms with E-state index >= 15 is 0 Å². The number of aliphatic hydroxyl groups excluding tert-OH is 1. The molecule has 3 rings (SSSR count). The standard InChI is InChI=1S/C17H17F3N3OS2.ClH/c1-11-3-2-6-23(15(11)10-26-25-8-7-24)16-21-13-5-4-12(17(18,19)20)9-14(13)22-16;/h2-6,9,24H,7-8,10H2,1H3,(H,21,22);1H/q+1;/p-1. The molecule has 0 bridgehead atoms. The fourth-order valence-corrected chi connectivity index (χ4v) is 4.42. The van der Waals surface area contributed by atoms with Crippen LogP contribution in [0.15, 0.2) is 36.5 Å². The Labute approximate surface area is 168 Å². The number of pyridine rings is 1. The molecule has 2 heterocycles. The Hall–Kier alpha value is -1.42. The lowest BCUT2D eigenvalue weighted by molar-refractivity contribution is -0.610. The first-order chi connectivity index (χ1) is 12.4. The largest absolute Gasteiger partial charge is 1.00 e. The van der Waals surface area contributed by atoms with E-state index in [-0.39, 0.29) is 24.5 Å². The van der Waals surface area contributed by atoms with Crippen LogP contribution in [0, 0.1) is 6.92 Å². The van der Waals surface area contributed by atoms with Crippen molar-refractivity contribution in [3.63, 3.8) is 0 Å². The van der Waals surface area contributed by atoms with Crippen LogP contribution in [0.4, 0.5) is 13.2 Å². The molecule has 0 fully saturated rings. The van der Waals surface area contributed by atoms with Gasteiger partial charge < -0.3 is 17.5 Å². The van der Waals surface area contributed by atoms with E-state index in [0.717, 1.165) is 23.4 Å². The van der Waals surface area contributed by atoms with E-state index in [1.165, 1.54) is 6.07 Å². The zero-order chi connectivity index (χ0) is 18.7. The summed E-state index contributed by atoms with van der Waals surface area (Å²) in [6.07, 6.45) is -2.56. The summed E-state index contributed by atoms with van der Waals surface area (Å²) in [6, 6.07) is 7.35. The molecule has 0 amide bonds. The van der Waals surface area contributed by atoms with E-state index in [1.54, 1.807) is 21.6 Å². The van der Waals surface area contributed by atoms with Crippen LogP contribution in [0.5, 0.6) is 0 Å². The summed E-state index contributed by atoms with van der Waals surface area (Å²) in [5.74, 6) is 1.80. The van der Waals surface area contributed by atoms with Gasteiger partial charge in [-0.25, -0.2) is 9.55 Å². The van der Waals surface area contributed by atoms with Crippen LogP contribution in [0.25, 0.3) is 17.0 Å². The number of aryl methyl sites for hydroxylation is 1.